The molecule has 1 amide bonds. The van der Waals surface area contributed by atoms with Crippen molar-refractivity contribution >= 4 is 33.7 Å². The molecular formula is C11H12N4OS2. The van der Waals surface area contributed by atoms with E-state index < -0.39 is 0 Å². The van der Waals surface area contributed by atoms with Crippen LogP contribution < -0.4 is 10.6 Å². The van der Waals surface area contributed by atoms with Crippen LogP contribution in [0.5, 0.6) is 0 Å². The molecule has 2 N–H and O–H groups in total. The smallest absolute Gasteiger partial charge is 0.243 e. The Morgan fingerprint density at radius 3 is 3.17 bits per heavy atom. The van der Waals surface area contributed by atoms with Gasteiger partial charge in [0.1, 0.15) is 5.01 Å². The van der Waals surface area contributed by atoms with E-state index in [1.807, 2.05) is 16.8 Å². The van der Waals surface area contributed by atoms with Crippen molar-refractivity contribution in [2.75, 3.05) is 11.9 Å². The van der Waals surface area contributed by atoms with E-state index >= 15 is 0 Å². The monoisotopic (exact) mass is 280 g/mol. The van der Waals surface area contributed by atoms with Gasteiger partial charge in [0.2, 0.25) is 11.0 Å². The lowest BCUT2D eigenvalue weighted by atomic mass is 10.2. The molecular weight excluding hydrogens is 268 g/mol. The average Bonchev–Trinajstić information content (AvgIpc) is 3.12. The molecule has 1 saturated heterocycles. The number of carbonyl (C=O) groups is 1. The van der Waals surface area contributed by atoms with Crippen LogP contribution in [0.3, 0.4) is 0 Å². The zero-order valence-electron chi connectivity index (χ0n) is 9.55. The molecule has 0 radical (unpaired) electrons. The lowest BCUT2D eigenvalue weighted by Crippen LogP contribution is -2.35. The van der Waals surface area contributed by atoms with Crippen molar-refractivity contribution in [1.82, 2.24) is 15.5 Å². The van der Waals surface area contributed by atoms with Gasteiger partial charge in [-0.15, -0.1) is 10.2 Å². The highest BCUT2D eigenvalue weighted by Crippen LogP contribution is 2.27. The molecule has 0 bridgehead atoms. The summed E-state index contributed by atoms with van der Waals surface area (Å²) in [5.41, 5.74) is 1.05. The van der Waals surface area contributed by atoms with Crippen LogP contribution in [0, 0.1) is 0 Å². The Bertz CT molecular complexity index is 531. The molecule has 0 aromatic carbocycles. The first kappa shape index (κ1) is 11.8. The first-order valence-corrected chi connectivity index (χ1v) is 7.49. The number of hydrogen-bond donors (Lipinski definition) is 2. The molecule has 1 fully saturated rings. The van der Waals surface area contributed by atoms with Crippen LogP contribution in [-0.2, 0) is 4.79 Å². The predicted octanol–water partition coefficient (Wildman–Crippen LogP) is 1.96. The number of anilines is 1. The molecule has 94 valence electrons. The van der Waals surface area contributed by atoms with E-state index in [-0.39, 0.29) is 11.9 Å². The summed E-state index contributed by atoms with van der Waals surface area (Å²) in [6.07, 6.45) is 1.94. The second-order valence-corrected chi connectivity index (χ2v) is 5.82. The summed E-state index contributed by atoms with van der Waals surface area (Å²) in [7, 11) is 0. The molecule has 2 aromatic rings. The van der Waals surface area contributed by atoms with E-state index in [1.165, 1.54) is 11.3 Å². The number of nitrogens with one attached hydrogen (secondary N) is 2. The summed E-state index contributed by atoms with van der Waals surface area (Å²) in [5, 5.41) is 19.5. The van der Waals surface area contributed by atoms with Crippen LogP contribution in [0.15, 0.2) is 16.8 Å². The number of hydrogen-bond acceptors (Lipinski definition) is 6. The third-order valence-electron chi connectivity index (χ3n) is 2.80. The van der Waals surface area contributed by atoms with Crippen molar-refractivity contribution in [3.05, 3.63) is 16.8 Å². The molecule has 7 heteroatoms. The zero-order chi connectivity index (χ0) is 12.4. The van der Waals surface area contributed by atoms with Crippen LogP contribution in [0.2, 0.25) is 0 Å². The fourth-order valence-electron chi connectivity index (χ4n) is 1.88. The lowest BCUT2D eigenvalue weighted by Gasteiger charge is -2.07. The molecule has 1 atom stereocenters. The highest BCUT2D eigenvalue weighted by Gasteiger charge is 2.22. The number of thiophene rings is 1. The second-order valence-electron chi connectivity index (χ2n) is 4.06. The normalized spacial score (nSPS) is 19.0. The van der Waals surface area contributed by atoms with E-state index in [0.29, 0.717) is 5.13 Å². The van der Waals surface area contributed by atoms with Crippen LogP contribution in [0.25, 0.3) is 10.6 Å². The van der Waals surface area contributed by atoms with E-state index in [4.69, 9.17) is 0 Å². The fraction of sp³-hybridized carbons (Fsp3) is 0.364. The zero-order valence-corrected chi connectivity index (χ0v) is 11.2. The van der Waals surface area contributed by atoms with E-state index in [0.717, 1.165) is 30.0 Å². The Hall–Kier alpha value is -1.31. The summed E-state index contributed by atoms with van der Waals surface area (Å²) in [4.78, 5) is 11.9. The van der Waals surface area contributed by atoms with Gasteiger partial charge in [0.25, 0.3) is 0 Å². The van der Waals surface area contributed by atoms with Crippen molar-refractivity contribution in [2.24, 2.45) is 0 Å². The van der Waals surface area contributed by atoms with Crippen LogP contribution in [0.1, 0.15) is 12.8 Å². The topological polar surface area (TPSA) is 66.9 Å². The van der Waals surface area contributed by atoms with Gasteiger partial charge >= 0.3 is 0 Å². The quantitative estimate of drug-likeness (QED) is 0.902. The molecule has 0 aliphatic carbocycles. The summed E-state index contributed by atoms with van der Waals surface area (Å²) in [6.45, 7) is 0.911. The van der Waals surface area contributed by atoms with Gasteiger partial charge in [0, 0.05) is 10.9 Å². The van der Waals surface area contributed by atoms with Gasteiger partial charge in [0.15, 0.2) is 0 Å². The summed E-state index contributed by atoms with van der Waals surface area (Å²) >= 11 is 3.02. The van der Waals surface area contributed by atoms with Gasteiger partial charge in [-0.1, -0.05) is 11.3 Å². The maximum absolute atomic E-state index is 11.9. The molecule has 5 nitrogen and oxygen atoms in total. The molecule has 0 spiro atoms. The van der Waals surface area contributed by atoms with E-state index in [1.54, 1.807) is 11.3 Å². The van der Waals surface area contributed by atoms with Gasteiger partial charge in [0.05, 0.1) is 6.04 Å². The number of amides is 1. The van der Waals surface area contributed by atoms with Crippen molar-refractivity contribution in [2.45, 2.75) is 18.9 Å². The molecule has 1 aliphatic heterocycles. The SMILES string of the molecule is O=C(Nc1nnc(-c2ccsc2)s1)C1CCCN1. The highest BCUT2D eigenvalue weighted by atomic mass is 32.1. The Morgan fingerprint density at radius 1 is 1.50 bits per heavy atom. The standard InChI is InChI=1S/C11H12N4OS2/c16-9(8-2-1-4-12-8)13-11-15-14-10(18-11)7-3-5-17-6-7/h3,5-6,8,12H,1-2,4H2,(H,13,15,16). The molecule has 0 saturated carbocycles. The Balaban J connectivity index is 1.68. The fourth-order valence-corrected chi connectivity index (χ4v) is 3.34. The minimum atomic E-state index is -0.0847. The van der Waals surface area contributed by atoms with Crippen molar-refractivity contribution in [3.8, 4) is 10.6 Å². The molecule has 2 aromatic heterocycles. The third-order valence-corrected chi connectivity index (χ3v) is 4.37. The molecule has 1 unspecified atom stereocenters. The Morgan fingerprint density at radius 2 is 2.44 bits per heavy atom. The number of nitrogens with zero attached hydrogens (tertiary/aromatic N) is 2. The van der Waals surface area contributed by atoms with Crippen molar-refractivity contribution in [3.63, 3.8) is 0 Å². The molecule has 18 heavy (non-hydrogen) atoms. The Kier molecular flexibility index (Phi) is 3.35. The van der Waals surface area contributed by atoms with Crippen LogP contribution in [0.4, 0.5) is 5.13 Å². The molecule has 3 rings (SSSR count). The maximum atomic E-state index is 11.9. The summed E-state index contributed by atoms with van der Waals surface area (Å²) in [5.74, 6) is -0.0134. The van der Waals surface area contributed by atoms with Gasteiger partial charge in [-0.25, -0.2) is 0 Å². The number of carbonyl (C=O) groups excluding carboxylic acids is 1. The van der Waals surface area contributed by atoms with Gasteiger partial charge in [-0.3, -0.25) is 10.1 Å². The first-order valence-electron chi connectivity index (χ1n) is 5.73. The average molecular weight is 280 g/mol. The Labute approximate surface area is 112 Å². The minimum Gasteiger partial charge on any atom is -0.306 e. The van der Waals surface area contributed by atoms with Gasteiger partial charge in [-0.2, -0.15) is 11.3 Å². The summed E-state index contributed by atoms with van der Waals surface area (Å²) in [6, 6.07) is 1.91. The third kappa shape index (κ3) is 2.43. The highest BCUT2D eigenvalue weighted by molar-refractivity contribution is 7.19. The van der Waals surface area contributed by atoms with Gasteiger partial charge in [-0.05, 0) is 30.8 Å². The largest absolute Gasteiger partial charge is 0.306 e. The van der Waals surface area contributed by atoms with E-state index in [9.17, 15) is 4.79 Å². The number of rotatable bonds is 3. The first-order chi connectivity index (χ1) is 8.83. The molecule has 3 heterocycles. The predicted molar refractivity (Wildman–Crippen MR) is 72.9 cm³/mol. The van der Waals surface area contributed by atoms with Gasteiger partial charge < -0.3 is 5.32 Å². The van der Waals surface area contributed by atoms with E-state index in [2.05, 4.69) is 20.8 Å². The maximum Gasteiger partial charge on any atom is 0.243 e. The van der Waals surface area contributed by atoms with Crippen LogP contribution >= 0.6 is 22.7 Å². The van der Waals surface area contributed by atoms with Crippen molar-refractivity contribution < 1.29 is 4.79 Å². The minimum absolute atomic E-state index is 0.0134. The lowest BCUT2D eigenvalue weighted by molar-refractivity contribution is -0.117. The second kappa shape index (κ2) is 5.13. The number of aromatic nitrogens is 2. The summed E-state index contributed by atoms with van der Waals surface area (Å²) < 4.78 is 0. The van der Waals surface area contributed by atoms with Crippen molar-refractivity contribution in [1.29, 1.82) is 0 Å². The van der Waals surface area contributed by atoms with Crippen LogP contribution in [-0.4, -0.2) is 28.7 Å². The molecule has 1 aliphatic rings.